The first-order chi connectivity index (χ1) is 9.33. The molecule has 0 aromatic carbocycles. The highest BCUT2D eigenvalue weighted by Crippen LogP contribution is 2.29. The maximum absolute atomic E-state index is 12.0. The van der Waals surface area contributed by atoms with Crippen LogP contribution in [0.5, 0.6) is 0 Å². The Morgan fingerprint density at radius 2 is 2.42 bits per heavy atom. The summed E-state index contributed by atoms with van der Waals surface area (Å²) in [6.45, 7) is 1.44. The summed E-state index contributed by atoms with van der Waals surface area (Å²) in [6, 6.07) is 6.05. The van der Waals surface area contributed by atoms with Gasteiger partial charge in [0.1, 0.15) is 0 Å². The highest BCUT2D eigenvalue weighted by Gasteiger charge is 2.17. The topological polar surface area (TPSA) is 38.3 Å². The van der Waals surface area contributed by atoms with Gasteiger partial charge in [-0.3, -0.25) is 4.79 Å². The average Bonchev–Trinajstić information content (AvgIpc) is 3.14. The Morgan fingerprint density at radius 3 is 3.16 bits per heavy atom. The van der Waals surface area contributed by atoms with Crippen molar-refractivity contribution in [3.63, 3.8) is 0 Å². The van der Waals surface area contributed by atoms with Crippen LogP contribution >= 0.6 is 22.7 Å². The fourth-order valence-electron chi connectivity index (χ4n) is 2.13. The van der Waals surface area contributed by atoms with Crippen molar-refractivity contribution in [2.45, 2.75) is 18.9 Å². The molecule has 1 amide bonds. The Hall–Kier alpha value is -1.17. The van der Waals surface area contributed by atoms with Crippen molar-refractivity contribution in [1.82, 2.24) is 5.32 Å². The molecule has 1 aliphatic rings. The van der Waals surface area contributed by atoms with Crippen LogP contribution in [-0.4, -0.2) is 25.2 Å². The molecule has 2 aromatic rings. The molecule has 1 atom stereocenters. The third-order valence-electron chi connectivity index (χ3n) is 3.14. The number of thiophene rings is 2. The van der Waals surface area contributed by atoms with E-state index < -0.39 is 0 Å². The van der Waals surface area contributed by atoms with Crippen LogP contribution in [0.25, 0.3) is 10.4 Å². The molecule has 3 heterocycles. The van der Waals surface area contributed by atoms with Crippen LogP contribution in [0.3, 0.4) is 0 Å². The maximum Gasteiger partial charge on any atom is 0.261 e. The van der Waals surface area contributed by atoms with Crippen LogP contribution in [0.15, 0.2) is 29.0 Å². The molecule has 19 heavy (non-hydrogen) atoms. The van der Waals surface area contributed by atoms with Gasteiger partial charge in [-0.25, -0.2) is 0 Å². The Bertz CT molecular complexity index is 542. The average molecular weight is 293 g/mol. The van der Waals surface area contributed by atoms with Crippen molar-refractivity contribution in [3.8, 4) is 10.4 Å². The molecule has 1 fully saturated rings. The minimum Gasteiger partial charge on any atom is -0.376 e. The van der Waals surface area contributed by atoms with Gasteiger partial charge in [0.15, 0.2) is 0 Å². The second-order valence-corrected chi connectivity index (χ2v) is 6.38. The maximum atomic E-state index is 12.0. The van der Waals surface area contributed by atoms with Crippen LogP contribution in [-0.2, 0) is 4.74 Å². The summed E-state index contributed by atoms with van der Waals surface area (Å²) in [4.78, 5) is 14.0. The number of carbonyl (C=O) groups excluding carboxylic acids is 1. The lowest BCUT2D eigenvalue weighted by Crippen LogP contribution is -2.31. The highest BCUT2D eigenvalue weighted by molar-refractivity contribution is 7.15. The lowest BCUT2D eigenvalue weighted by atomic mass is 10.2. The number of carbonyl (C=O) groups is 1. The molecule has 5 heteroatoms. The van der Waals surface area contributed by atoms with Crippen LogP contribution in [0.2, 0.25) is 0 Å². The molecular formula is C14H15NO2S2. The van der Waals surface area contributed by atoms with Gasteiger partial charge in [-0.05, 0) is 30.4 Å². The van der Waals surface area contributed by atoms with Gasteiger partial charge in [0.2, 0.25) is 0 Å². The third kappa shape index (κ3) is 3.05. The summed E-state index contributed by atoms with van der Waals surface area (Å²) in [7, 11) is 0. The number of hydrogen-bond acceptors (Lipinski definition) is 4. The smallest absolute Gasteiger partial charge is 0.261 e. The van der Waals surface area contributed by atoms with Crippen molar-refractivity contribution in [1.29, 1.82) is 0 Å². The van der Waals surface area contributed by atoms with E-state index in [9.17, 15) is 4.79 Å². The van der Waals surface area contributed by atoms with Crippen molar-refractivity contribution < 1.29 is 9.53 Å². The summed E-state index contributed by atoms with van der Waals surface area (Å²) >= 11 is 3.18. The van der Waals surface area contributed by atoms with Gasteiger partial charge in [-0.2, -0.15) is 0 Å². The molecule has 1 aliphatic heterocycles. The van der Waals surface area contributed by atoms with E-state index in [4.69, 9.17) is 4.74 Å². The lowest BCUT2D eigenvalue weighted by molar-refractivity contribution is 0.0861. The van der Waals surface area contributed by atoms with E-state index >= 15 is 0 Å². The summed E-state index contributed by atoms with van der Waals surface area (Å²) in [5, 5.41) is 7.03. The van der Waals surface area contributed by atoms with E-state index in [1.165, 1.54) is 16.2 Å². The molecule has 0 radical (unpaired) electrons. The molecule has 3 rings (SSSR count). The highest BCUT2D eigenvalue weighted by atomic mass is 32.1. The van der Waals surface area contributed by atoms with Crippen molar-refractivity contribution in [3.05, 3.63) is 33.8 Å². The first-order valence-corrected chi connectivity index (χ1v) is 8.11. The third-order valence-corrected chi connectivity index (χ3v) is 4.99. The Balaban J connectivity index is 1.60. The van der Waals surface area contributed by atoms with Gasteiger partial charge >= 0.3 is 0 Å². The normalized spacial score (nSPS) is 18.6. The standard InChI is InChI=1S/C14H15NO2S2/c16-14(15-8-11-3-1-5-17-11)13-7-10(9-19-13)12-4-2-6-18-12/h2,4,6-7,9,11H,1,3,5,8H2,(H,15,16). The molecule has 0 bridgehead atoms. The molecule has 0 saturated carbocycles. The van der Waals surface area contributed by atoms with E-state index in [1.807, 2.05) is 22.9 Å². The van der Waals surface area contributed by atoms with Crippen molar-refractivity contribution >= 4 is 28.6 Å². The van der Waals surface area contributed by atoms with E-state index in [-0.39, 0.29) is 12.0 Å². The zero-order chi connectivity index (χ0) is 13.1. The zero-order valence-electron chi connectivity index (χ0n) is 10.4. The fraction of sp³-hybridized carbons (Fsp3) is 0.357. The van der Waals surface area contributed by atoms with Crippen molar-refractivity contribution in [2.75, 3.05) is 13.2 Å². The summed E-state index contributed by atoms with van der Waals surface area (Å²) in [6.07, 6.45) is 2.34. The van der Waals surface area contributed by atoms with Gasteiger partial charge < -0.3 is 10.1 Å². The number of rotatable bonds is 4. The quantitative estimate of drug-likeness (QED) is 0.938. The molecule has 1 saturated heterocycles. The van der Waals surface area contributed by atoms with Gasteiger partial charge in [0.25, 0.3) is 5.91 Å². The largest absolute Gasteiger partial charge is 0.376 e. The van der Waals surface area contributed by atoms with E-state index in [1.54, 1.807) is 11.3 Å². The first kappa shape index (κ1) is 12.8. The molecule has 0 aliphatic carbocycles. The van der Waals surface area contributed by atoms with Crippen molar-refractivity contribution in [2.24, 2.45) is 0 Å². The Morgan fingerprint density at radius 1 is 1.47 bits per heavy atom. The SMILES string of the molecule is O=C(NCC1CCCO1)c1cc(-c2cccs2)cs1. The molecule has 1 N–H and O–H groups in total. The number of hydrogen-bond donors (Lipinski definition) is 1. The van der Waals surface area contributed by atoms with Crippen LogP contribution in [0.4, 0.5) is 0 Å². The predicted molar refractivity (Wildman–Crippen MR) is 78.9 cm³/mol. The minimum absolute atomic E-state index is 0.00306. The molecule has 0 spiro atoms. The molecule has 100 valence electrons. The molecular weight excluding hydrogens is 278 g/mol. The van der Waals surface area contributed by atoms with Crippen LogP contribution in [0, 0.1) is 0 Å². The lowest BCUT2D eigenvalue weighted by Gasteiger charge is -2.09. The first-order valence-electron chi connectivity index (χ1n) is 6.35. The van der Waals surface area contributed by atoms with Gasteiger partial charge in [-0.15, -0.1) is 22.7 Å². The van der Waals surface area contributed by atoms with Crippen LogP contribution in [0.1, 0.15) is 22.5 Å². The van der Waals surface area contributed by atoms with Gasteiger partial charge in [-0.1, -0.05) is 6.07 Å². The van der Waals surface area contributed by atoms with Gasteiger partial charge in [0, 0.05) is 29.0 Å². The number of amides is 1. The molecule has 1 unspecified atom stereocenters. The Labute approximate surface area is 120 Å². The minimum atomic E-state index is 0.00306. The number of ether oxygens (including phenoxy) is 1. The van der Waals surface area contributed by atoms with Crippen LogP contribution < -0.4 is 5.32 Å². The van der Waals surface area contributed by atoms with E-state index in [2.05, 4.69) is 11.4 Å². The van der Waals surface area contributed by atoms with E-state index in [0.717, 1.165) is 29.9 Å². The number of nitrogens with one attached hydrogen (secondary N) is 1. The summed E-state index contributed by atoms with van der Waals surface area (Å²) < 4.78 is 5.49. The second-order valence-electron chi connectivity index (χ2n) is 4.52. The summed E-state index contributed by atoms with van der Waals surface area (Å²) in [5.41, 5.74) is 1.13. The van der Waals surface area contributed by atoms with Gasteiger partial charge in [0.05, 0.1) is 11.0 Å². The molecule has 3 nitrogen and oxygen atoms in total. The second kappa shape index (κ2) is 5.86. The summed E-state index contributed by atoms with van der Waals surface area (Å²) in [5.74, 6) is 0.00306. The predicted octanol–water partition coefficient (Wildman–Crippen LogP) is 3.39. The van der Waals surface area contributed by atoms with E-state index in [0.29, 0.717) is 6.54 Å². The fourth-order valence-corrected chi connectivity index (χ4v) is 3.74. The Kier molecular flexibility index (Phi) is 3.96. The monoisotopic (exact) mass is 293 g/mol. The zero-order valence-corrected chi connectivity index (χ0v) is 12.1. The molecule has 2 aromatic heterocycles.